The van der Waals surface area contributed by atoms with Gasteiger partial charge in [-0.05, 0) is 18.2 Å². The molecule has 7 heteroatoms. The fraction of sp³-hybridized carbons (Fsp3) is 0.0500. The highest BCUT2D eigenvalue weighted by Crippen LogP contribution is 2.30. The molecule has 0 fully saturated rings. The lowest BCUT2D eigenvalue weighted by atomic mass is 10.2. The van der Waals surface area contributed by atoms with Crippen LogP contribution in [0.1, 0.15) is 5.69 Å². The van der Waals surface area contributed by atoms with Crippen molar-refractivity contribution in [3.8, 4) is 10.6 Å². The van der Waals surface area contributed by atoms with E-state index in [0.717, 1.165) is 21.7 Å². The van der Waals surface area contributed by atoms with Gasteiger partial charge in [0.15, 0.2) is 0 Å². The molecule has 0 saturated carbocycles. The lowest BCUT2D eigenvalue weighted by Gasteiger charge is -2.02. The number of halogens is 1. The minimum absolute atomic E-state index is 0.219. The molecular formula is C20H12ClN3O2S. The normalized spacial score (nSPS) is 11.4. The predicted octanol–water partition coefficient (Wildman–Crippen LogP) is 4.97. The van der Waals surface area contributed by atoms with E-state index in [1.54, 1.807) is 6.33 Å². The molecule has 5 aromatic rings. The molecular weight excluding hydrogens is 382 g/mol. The van der Waals surface area contributed by atoms with Gasteiger partial charge in [0.25, 0.3) is 5.56 Å². The number of thiazole rings is 1. The molecule has 3 heterocycles. The van der Waals surface area contributed by atoms with Gasteiger partial charge in [-0.25, -0.2) is 9.97 Å². The van der Waals surface area contributed by atoms with Gasteiger partial charge in [-0.15, -0.1) is 11.3 Å². The third-order valence-corrected chi connectivity index (χ3v) is 5.59. The zero-order valence-electron chi connectivity index (χ0n) is 13.9. The van der Waals surface area contributed by atoms with Crippen molar-refractivity contribution in [2.45, 2.75) is 6.54 Å². The molecule has 0 aliphatic heterocycles. The van der Waals surface area contributed by atoms with Crippen LogP contribution in [0.25, 0.3) is 32.6 Å². The first-order valence-corrected chi connectivity index (χ1v) is 9.52. The Morgan fingerprint density at radius 3 is 2.81 bits per heavy atom. The molecule has 5 rings (SSSR count). The summed E-state index contributed by atoms with van der Waals surface area (Å²) < 4.78 is 7.23. The van der Waals surface area contributed by atoms with E-state index < -0.39 is 0 Å². The first-order valence-electron chi connectivity index (χ1n) is 8.27. The van der Waals surface area contributed by atoms with Crippen LogP contribution in [0.2, 0.25) is 5.02 Å². The standard InChI is InChI=1S/C20H12ClN3O2S/c21-15-7-3-1-5-13(15)19-23-12(10-27-19)9-24-11-22-17-14-6-2-4-8-16(14)26-18(17)20(24)25/h1-8,10-11H,9H2. The molecule has 0 N–H and O–H groups in total. The second-order valence-corrected chi connectivity index (χ2v) is 7.34. The van der Waals surface area contributed by atoms with Gasteiger partial charge in [0.05, 0.1) is 23.6 Å². The largest absolute Gasteiger partial charge is 0.448 e. The monoisotopic (exact) mass is 393 g/mol. The molecule has 0 atom stereocenters. The Balaban J connectivity index is 1.54. The van der Waals surface area contributed by atoms with Crippen molar-refractivity contribution in [3.63, 3.8) is 0 Å². The van der Waals surface area contributed by atoms with Crippen LogP contribution in [0.5, 0.6) is 0 Å². The number of benzene rings is 2. The van der Waals surface area contributed by atoms with Crippen LogP contribution in [0.3, 0.4) is 0 Å². The SMILES string of the molecule is O=c1c2oc3ccccc3c2ncn1Cc1csc(-c2ccccc2Cl)n1. The molecule has 132 valence electrons. The van der Waals surface area contributed by atoms with Crippen LogP contribution in [0.4, 0.5) is 0 Å². The molecule has 0 aliphatic rings. The fourth-order valence-electron chi connectivity index (χ4n) is 3.04. The van der Waals surface area contributed by atoms with E-state index in [2.05, 4.69) is 9.97 Å². The van der Waals surface area contributed by atoms with E-state index >= 15 is 0 Å². The molecule has 0 aliphatic carbocycles. The number of para-hydroxylation sites is 1. The van der Waals surface area contributed by atoms with E-state index in [4.69, 9.17) is 16.0 Å². The van der Waals surface area contributed by atoms with Crippen molar-refractivity contribution < 1.29 is 4.42 Å². The Labute approximate surface area is 162 Å². The van der Waals surface area contributed by atoms with E-state index in [9.17, 15) is 4.79 Å². The Hall–Kier alpha value is -2.96. The zero-order valence-corrected chi connectivity index (χ0v) is 15.5. The number of fused-ring (bicyclic) bond motifs is 3. The average molecular weight is 394 g/mol. The van der Waals surface area contributed by atoms with E-state index in [1.807, 2.05) is 53.9 Å². The summed E-state index contributed by atoms with van der Waals surface area (Å²) in [7, 11) is 0. The highest BCUT2D eigenvalue weighted by molar-refractivity contribution is 7.13. The number of hydrogen-bond acceptors (Lipinski definition) is 5. The van der Waals surface area contributed by atoms with Crippen LogP contribution < -0.4 is 5.56 Å². The lowest BCUT2D eigenvalue weighted by molar-refractivity contribution is 0.641. The summed E-state index contributed by atoms with van der Waals surface area (Å²) in [6, 6.07) is 15.1. The van der Waals surface area contributed by atoms with E-state index in [1.165, 1.54) is 15.9 Å². The van der Waals surface area contributed by atoms with Crippen molar-refractivity contribution in [3.05, 3.63) is 81.3 Å². The molecule has 0 spiro atoms. The van der Waals surface area contributed by atoms with Gasteiger partial charge in [0, 0.05) is 16.3 Å². The summed E-state index contributed by atoms with van der Waals surface area (Å²) in [5, 5.41) is 4.24. The predicted molar refractivity (Wildman–Crippen MR) is 107 cm³/mol. The number of furan rings is 1. The Morgan fingerprint density at radius 1 is 1.11 bits per heavy atom. The maximum Gasteiger partial charge on any atom is 0.297 e. The first kappa shape index (κ1) is 16.2. The molecule has 0 bridgehead atoms. The molecule has 0 saturated heterocycles. The smallest absolute Gasteiger partial charge is 0.297 e. The molecule has 27 heavy (non-hydrogen) atoms. The Kier molecular flexibility index (Phi) is 3.81. The Morgan fingerprint density at radius 2 is 1.93 bits per heavy atom. The first-order chi connectivity index (χ1) is 13.2. The van der Waals surface area contributed by atoms with Crippen molar-refractivity contribution in [2.24, 2.45) is 0 Å². The summed E-state index contributed by atoms with van der Waals surface area (Å²) in [5.41, 5.74) is 2.94. The minimum atomic E-state index is -0.219. The van der Waals surface area contributed by atoms with Crippen molar-refractivity contribution >= 4 is 45.0 Å². The molecule has 3 aromatic heterocycles. The van der Waals surface area contributed by atoms with Gasteiger partial charge in [-0.2, -0.15) is 0 Å². The topological polar surface area (TPSA) is 60.9 Å². The molecule has 0 radical (unpaired) electrons. The summed E-state index contributed by atoms with van der Waals surface area (Å²) >= 11 is 7.74. The summed E-state index contributed by atoms with van der Waals surface area (Å²) in [6.07, 6.45) is 1.54. The van der Waals surface area contributed by atoms with Crippen LogP contribution >= 0.6 is 22.9 Å². The highest BCUT2D eigenvalue weighted by Gasteiger charge is 2.14. The van der Waals surface area contributed by atoms with Gasteiger partial charge in [-0.3, -0.25) is 9.36 Å². The highest BCUT2D eigenvalue weighted by atomic mass is 35.5. The van der Waals surface area contributed by atoms with Gasteiger partial charge in [0.2, 0.25) is 5.58 Å². The van der Waals surface area contributed by atoms with Crippen molar-refractivity contribution in [2.75, 3.05) is 0 Å². The van der Waals surface area contributed by atoms with E-state index in [0.29, 0.717) is 22.7 Å². The number of hydrogen-bond donors (Lipinski definition) is 0. The lowest BCUT2D eigenvalue weighted by Crippen LogP contribution is -2.20. The zero-order chi connectivity index (χ0) is 18.4. The maximum absolute atomic E-state index is 12.8. The van der Waals surface area contributed by atoms with Crippen LogP contribution in [-0.4, -0.2) is 14.5 Å². The van der Waals surface area contributed by atoms with Crippen molar-refractivity contribution in [1.29, 1.82) is 0 Å². The minimum Gasteiger partial charge on any atom is -0.448 e. The van der Waals surface area contributed by atoms with Crippen LogP contribution in [0.15, 0.2) is 69.5 Å². The molecule has 5 nitrogen and oxygen atoms in total. The molecule has 2 aromatic carbocycles. The van der Waals surface area contributed by atoms with Gasteiger partial charge < -0.3 is 4.42 Å². The number of nitrogens with zero attached hydrogens (tertiary/aromatic N) is 3. The van der Waals surface area contributed by atoms with Gasteiger partial charge >= 0.3 is 0 Å². The average Bonchev–Trinajstić information content (AvgIpc) is 3.29. The summed E-state index contributed by atoms with van der Waals surface area (Å²) in [5.74, 6) is 0. The maximum atomic E-state index is 12.8. The van der Waals surface area contributed by atoms with Crippen LogP contribution in [0, 0.1) is 0 Å². The second kappa shape index (κ2) is 6.33. The number of rotatable bonds is 3. The summed E-state index contributed by atoms with van der Waals surface area (Å²) in [6.45, 7) is 0.319. The fourth-order valence-corrected chi connectivity index (χ4v) is 4.17. The Bertz CT molecular complexity index is 1350. The third kappa shape index (κ3) is 2.74. The van der Waals surface area contributed by atoms with E-state index in [-0.39, 0.29) is 11.1 Å². The molecule has 0 unspecified atom stereocenters. The van der Waals surface area contributed by atoms with Crippen LogP contribution in [-0.2, 0) is 6.54 Å². The van der Waals surface area contributed by atoms with Crippen molar-refractivity contribution in [1.82, 2.24) is 14.5 Å². The summed E-state index contributed by atoms with van der Waals surface area (Å²) in [4.78, 5) is 21.9. The third-order valence-electron chi connectivity index (χ3n) is 4.34. The number of aromatic nitrogens is 3. The molecule has 0 amide bonds. The van der Waals surface area contributed by atoms with Gasteiger partial charge in [0.1, 0.15) is 16.1 Å². The second-order valence-electron chi connectivity index (χ2n) is 6.08. The quantitative estimate of drug-likeness (QED) is 0.434. The van der Waals surface area contributed by atoms with Gasteiger partial charge in [-0.1, -0.05) is 41.9 Å².